The van der Waals surface area contributed by atoms with Crippen LogP contribution >= 0.6 is 0 Å². The maximum atomic E-state index is 3.56. The fourth-order valence-electron chi connectivity index (χ4n) is 1.79. The van der Waals surface area contributed by atoms with E-state index in [0.717, 1.165) is 26.2 Å². The van der Waals surface area contributed by atoms with Crippen LogP contribution in [0.2, 0.25) is 0 Å². The summed E-state index contributed by atoms with van der Waals surface area (Å²) in [5.41, 5.74) is 1.27. The van der Waals surface area contributed by atoms with Gasteiger partial charge in [0.1, 0.15) is 19.0 Å². The lowest BCUT2D eigenvalue weighted by Crippen LogP contribution is -2.40. The van der Waals surface area contributed by atoms with Crippen molar-refractivity contribution >= 4 is 6.08 Å². The number of hydrogen-bond donors (Lipinski definition) is 1. The lowest BCUT2D eigenvalue weighted by atomic mass is 10.2. The molecular formula is C15H19N5. The van der Waals surface area contributed by atoms with Gasteiger partial charge in [0.05, 0.1) is 0 Å². The molecule has 1 aromatic heterocycles. The van der Waals surface area contributed by atoms with Crippen molar-refractivity contribution in [3.8, 4) is 0 Å². The number of nitrogens with one attached hydrogen (secondary N) is 1. The minimum Gasteiger partial charge on any atom is -0.375 e. The van der Waals surface area contributed by atoms with E-state index in [1.54, 1.807) is 0 Å². The SMILES string of the molecule is C(=CN1CCNCC1)c1ccccc1.c1ncncn1. The van der Waals surface area contributed by atoms with Crippen molar-refractivity contribution < 1.29 is 0 Å². The predicted molar refractivity (Wildman–Crippen MR) is 79.7 cm³/mol. The molecule has 0 atom stereocenters. The Labute approximate surface area is 119 Å². The molecule has 1 saturated heterocycles. The Morgan fingerprint density at radius 2 is 1.50 bits per heavy atom. The number of rotatable bonds is 2. The van der Waals surface area contributed by atoms with Gasteiger partial charge in [0.15, 0.2) is 0 Å². The molecule has 1 aliphatic heterocycles. The summed E-state index contributed by atoms with van der Waals surface area (Å²) >= 11 is 0. The third kappa shape index (κ3) is 5.58. The summed E-state index contributed by atoms with van der Waals surface area (Å²) in [5.74, 6) is 0. The van der Waals surface area contributed by atoms with Crippen LogP contribution in [-0.2, 0) is 0 Å². The van der Waals surface area contributed by atoms with Gasteiger partial charge in [-0.3, -0.25) is 0 Å². The van der Waals surface area contributed by atoms with E-state index < -0.39 is 0 Å². The Balaban J connectivity index is 0.000000205. The molecule has 1 N–H and O–H groups in total. The Kier molecular flexibility index (Phi) is 6.20. The van der Waals surface area contributed by atoms with Gasteiger partial charge in [-0.2, -0.15) is 0 Å². The first-order chi connectivity index (χ1) is 9.95. The van der Waals surface area contributed by atoms with Gasteiger partial charge in [-0.15, -0.1) is 0 Å². The number of nitrogens with zero attached hydrogens (tertiary/aromatic N) is 4. The number of benzene rings is 1. The molecule has 1 fully saturated rings. The zero-order valence-electron chi connectivity index (χ0n) is 11.4. The molecule has 0 unspecified atom stereocenters. The summed E-state index contributed by atoms with van der Waals surface area (Å²) in [4.78, 5) is 13.0. The van der Waals surface area contributed by atoms with Gasteiger partial charge in [-0.05, 0) is 17.8 Å². The maximum Gasteiger partial charge on any atom is 0.119 e. The van der Waals surface area contributed by atoms with E-state index in [0.29, 0.717) is 0 Å². The van der Waals surface area contributed by atoms with E-state index in [1.807, 2.05) is 6.07 Å². The molecule has 20 heavy (non-hydrogen) atoms. The van der Waals surface area contributed by atoms with Crippen LogP contribution in [-0.4, -0.2) is 46.0 Å². The molecule has 3 rings (SSSR count). The Hall–Kier alpha value is -2.27. The van der Waals surface area contributed by atoms with Crippen LogP contribution in [0.5, 0.6) is 0 Å². The number of hydrogen-bond acceptors (Lipinski definition) is 5. The average molecular weight is 269 g/mol. The van der Waals surface area contributed by atoms with Gasteiger partial charge in [0.25, 0.3) is 0 Å². The van der Waals surface area contributed by atoms with Crippen molar-refractivity contribution in [2.24, 2.45) is 0 Å². The Morgan fingerprint density at radius 1 is 0.900 bits per heavy atom. The van der Waals surface area contributed by atoms with Gasteiger partial charge in [0, 0.05) is 26.2 Å². The lowest BCUT2D eigenvalue weighted by Gasteiger charge is -2.25. The fraction of sp³-hybridized carbons (Fsp3) is 0.267. The van der Waals surface area contributed by atoms with E-state index in [1.165, 1.54) is 24.5 Å². The van der Waals surface area contributed by atoms with Crippen molar-refractivity contribution in [1.82, 2.24) is 25.2 Å². The molecule has 0 saturated carbocycles. The lowest BCUT2D eigenvalue weighted by molar-refractivity contribution is 0.326. The second-order valence-electron chi connectivity index (χ2n) is 4.31. The summed E-state index contributed by atoms with van der Waals surface area (Å²) < 4.78 is 0. The van der Waals surface area contributed by atoms with Gasteiger partial charge >= 0.3 is 0 Å². The summed E-state index contributed by atoms with van der Waals surface area (Å²) in [6, 6.07) is 10.4. The van der Waals surface area contributed by atoms with Crippen LogP contribution in [0.15, 0.2) is 55.5 Å². The van der Waals surface area contributed by atoms with Gasteiger partial charge in [0.2, 0.25) is 0 Å². The van der Waals surface area contributed by atoms with Crippen molar-refractivity contribution in [2.45, 2.75) is 0 Å². The molecule has 0 bridgehead atoms. The molecule has 1 aliphatic rings. The fourth-order valence-corrected chi connectivity index (χ4v) is 1.79. The highest BCUT2D eigenvalue weighted by atomic mass is 15.2. The van der Waals surface area contributed by atoms with E-state index >= 15 is 0 Å². The predicted octanol–water partition coefficient (Wildman–Crippen LogP) is 1.43. The maximum absolute atomic E-state index is 3.56. The second kappa shape index (κ2) is 8.77. The van der Waals surface area contributed by atoms with E-state index in [9.17, 15) is 0 Å². The van der Waals surface area contributed by atoms with Gasteiger partial charge in [-0.1, -0.05) is 30.3 Å². The largest absolute Gasteiger partial charge is 0.375 e. The number of piperazine rings is 1. The summed E-state index contributed by atoms with van der Waals surface area (Å²) in [6.07, 6.45) is 8.68. The van der Waals surface area contributed by atoms with Crippen LogP contribution in [0.1, 0.15) is 5.56 Å². The highest BCUT2D eigenvalue weighted by molar-refractivity contribution is 5.48. The molecule has 0 amide bonds. The first kappa shape index (κ1) is 14.1. The normalized spacial score (nSPS) is 14.7. The molecule has 5 nitrogen and oxygen atoms in total. The van der Waals surface area contributed by atoms with Crippen LogP contribution in [0.3, 0.4) is 0 Å². The third-order valence-corrected chi connectivity index (χ3v) is 2.83. The molecule has 104 valence electrons. The molecule has 2 heterocycles. The van der Waals surface area contributed by atoms with Gasteiger partial charge in [-0.25, -0.2) is 15.0 Å². The standard InChI is InChI=1S/C12H16N2.C3H3N3/c1-2-4-12(5-3-1)6-9-14-10-7-13-8-11-14;1-4-2-6-3-5-1/h1-6,9,13H,7-8,10-11H2;1-3H. The molecule has 0 spiro atoms. The Bertz CT molecular complexity index is 453. The quantitative estimate of drug-likeness (QED) is 0.894. The van der Waals surface area contributed by atoms with Crippen LogP contribution < -0.4 is 5.32 Å². The molecule has 0 radical (unpaired) electrons. The smallest absolute Gasteiger partial charge is 0.119 e. The summed E-state index contributed by atoms with van der Waals surface area (Å²) in [7, 11) is 0. The monoisotopic (exact) mass is 269 g/mol. The highest BCUT2D eigenvalue weighted by Gasteiger charge is 2.03. The topological polar surface area (TPSA) is 53.9 Å². The first-order valence-electron chi connectivity index (χ1n) is 6.68. The molecule has 5 heteroatoms. The first-order valence-corrected chi connectivity index (χ1v) is 6.68. The van der Waals surface area contributed by atoms with Crippen molar-refractivity contribution in [3.63, 3.8) is 0 Å². The minimum absolute atomic E-state index is 1.10. The van der Waals surface area contributed by atoms with Crippen molar-refractivity contribution in [1.29, 1.82) is 0 Å². The Morgan fingerprint density at radius 3 is 2.05 bits per heavy atom. The second-order valence-corrected chi connectivity index (χ2v) is 4.31. The van der Waals surface area contributed by atoms with Gasteiger partial charge < -0.3 is 10.2 Å². The highest BCUT2D eigenvalue weighted by Crippen LogP contribution is 2.03. The van der Waals surface area contributed by atoms with Crippen molar-refractivity contribution in [3.05, 3.63) is 61.1 Å². The van der Waals surface area contributed by atoms with E-state index in [-0.39, 0.29) is 0 Å². The van der Waals surface area contributed by atoms with Crippen molar-refractivity contribution in [2.75, 3.05) is 26.2 Å². The zero-order chi connectivity index (χ0) is 13.9. The average Bonchev–Trinajstić information content (AvgIpc) is 2.57. The van der Waals surface area contributed by atoms with Crippen LogP contribution in [0.25, 0.3) is 6.08 Å². The molecule has 2 aromatic rings. The summed E-state index contributed by atoms with van der Waals surface area (Å²) in [6.45, 7) is 4.42. The number of aromatic nitrogens is 3. The van der Waals surface area contributed by atoms with Crippen LogP contribution in [0, 0.1) is 0 Å². The minimum atomic E-state index is 1.10. The van der Waals surface area contributed by atoms with E-state index in [4.69, 9.17) is 0 Å². The molecule has 0 aliphatic carbocycles. The van der Waals surface area contributed by atoms with Crippen LogP contribution in [0.4, 0.5) is 0 Å². The molecule has 1 aromatic carbocycles. The third-order valence-electron chi connectivity index (χ3n) is 2.83. The van der Waals surface area contributed by atoms with E-state index in [2.05, 4.69) is 61.7 Å². The molecular weight excluding hydrogens is 250 g/mol. The summed E-state index contributed by atoms with van der Waals surface area (Å²) in [5, 5.41) is 3.34. The zero-order valence-corrected chi connectivity index (χ0v) is 11.4.